The molecule has 0 spiro atoms. The maximum absolute atomic E-state index is 12.6. The first kappa shape index (κ1) is 20.1. The SMILES string of the molecule is O=C(O)COc1ccc(/C=C2\SC(=O)N(Cc3cccc([N+](=O)[O-])c3)C2=O)cc1. The Morgan fingerprint density at radius 3 is 2.59 bits per heavy atom. The van der Waals surface area contributed by atoms with E-state index in [0.717, 1.165) is 16.7 Å². The van der Waals surface area contributed by atoms with Crippen LogP contribution in [0.3, 0.4) is 0 Å². The fourth-order valence-corrected chi connectivity index (χ4v) is 3.38. The Hall–Kier alpha value is -3.66. The number of carbonyl (C=O) groups excluding carboxylic acids is 2. The number of aliphatic carboxylic acids is 1. The van der Waals surface area contributed by atoms with Crippen LogP contribution in [0.5, 0.6) is 5.75 Å². The summed E-state index contributed by atoms with van der Waals surface area (Å²) in [6.45, 7) is -0.526. The second kappa shape index (κ2) is 8.57. The number of carbonyl (C=O) groups is 3. The number of benzene rings is 2. The van der Waals surface area contributed by atoms with Crippen molar-refractivity contribution in [3.63, 3.8) is 0 Å². The normalized spacial score (nSPS) is 15.0. The molecule has 0 unspecified atom stereocenters. The van der Waals surface area contributed by atoms with Crippen molar-refractivity contribution in [2.75, 3.05) is 6.61 Å². The van der Waals surface area contributed by atoms with Gasteiger partial charge in [0, 0.05) is 12.1 Å². The third kappa shape index (κ3) is 4.99. The van der Waals surface area contributed by atoms with Gasteiger partial charge in [-0.05, 0) is 41.1 Å². The number of imide groups is 1. The van der Waals surface area contributed by atoms with Crippen LogP contribution < -0.4 is 4.74 Å². The second-order valence-electron chi connectivity index (χ2n) is 5.95. The molecule has 10 heteroatoms. The summed E-state index contributed by atoms with van der Waals surface area (Å²) in [6, 6.07) is 12.1. The third-order valence-electron chi connectivity index (χ3n) is 3.88. The molecule has 0 radical (unpaired) electrons. The van der Waals surface area contributed by atoms with Crippen LogP contribution in [0.4, 0.5) is 10.5 Å². The fourth-order valence-electron chi connectivity index (χ4n) is 2.54. The molecule has 1 saturated heterocycles. The van der Waals surface area contributed by atoms with Crippen LogP contribution in [0.2, 0.25) is 0 Å². The average molecular weight is 414 g/mol. The zero-order valence-electron chi connectivity index (χ0n) is 14.8. The van der Waals surface area contributed by atoms with Crippen molar-refractivity contribution < 1.29 is 29.2 Å². The number of carboxylic acid groups (broad SMARTS) is 1. The summed E-state index contributed by atoms with van der Waals surface area (Å²) >= 11 is 0.780. The van der Waals surface area contributed by atoms with E-state index >= 15 is 0 Å². The highest BCUT2D eigenvalue weighted by Crippen LogP contribution is 2.33. The van der Waals surface area contributed by atoms with Crippen molar-refractivity contribution in [2.45, 2.75) is 6.54 Å². The minimum Gasteiger partial charge on any atom is -0.482 e. The van der Waals surface area contributed by atoms with Gasteiger partial charge in [-0.25, -0.2) is 4.79 Å². The van der Waals surface area contributed by atoms with Gasteiger partial charge in [0.25, 0.3) is 16.8 Å². The van der Waals surface area contributed by atoms with E-state index in [-0.39, 0.29) is 17.1 Å². The van der Waals surface area contributed by atoms with E-state index in [9.17, 15) is 24.5 Å². The Labute approximate surface area is 168 Å². The Morgan fingerprint density at radius 2 is 1.93 bits per heavy atom. The van der Waals surface area contributed by atoms with Crippen molar-refractivity contribution in [3.8, 4) is 5.75 Å². The van der Waals surface area contributed by atoms with Crippen LogP contribution >= 0.6 is 11.8 Å². The summed E-state index contributed by atoms with van der Waals surface area (Å²) < 4.78 is 5.04. The van der Waals surface area contributed by atoms with Gasteiger partial charge in [0.1, 0.15) is 5.75 Å². The number of hydrogen-bond donors (Lipinski definition) is 1. The number of rotatable bonds is 7. The van der Waals surface area contributed by atoms with Crippen molar-refractivity contribution in [3.05, 3.63) is 74.7 Å². The van der Waals surface area contributed by atoms with Gasteiger partial charge in [-0.15, -0.1) is 0 Å². The Bertz CT molecular complexity index is 1020. The third-order valence-corrected chi connectivity index (χ3v) is 4.78. The van der Waals surface area contributed by atoms with E-state index in [1.165, 1.54) is 18.2 Å². The highest BCUT2D eigenvalue weighted by molar-refractivity contribution is 8.18. The molecule has 2 amide bonds. The number of nitrogens with zero attached hydrogens (tertiary/aromatic N) is 2. The first-order valence-corrected chi connectivity index (χ1v) is 9.08. The first-order valence-electron chi connectivity index (χ1n) is 8.27. The van der Waals surface area contributed by atoms with Crippen molar-refractivity contribution in [1.29, 1.82) is 0 Å². The number of carboxylic acids is 1. The maximum atomic E-state index is 12.6. The first-order chi connectivity index (χ1) is 13.8. The van der Waals surface area contributed by atoms with Crippen molar-refractivity contribution in [1.82, 2.24) is 4.90 Å². The summed E-state index contributed by atoms with van der Waals surface area (Å²) in [5.74, 6) is -1.22. The van der Waals surface area contributed by atoms with Gasteiger partial charge in [0.05, 0.1) is 16.4 Å². The summed E-state index contributed by atoms with van der Waals surface area (Å²) in [7, 11) is 0. The molecular formula is C19H14N2O7S. The number of non-ortho nitro benzene ring substituents is 1. The summed E-state index contributed by atoms with van der Waals surface area (Å²) in [6.07, 6.45) is 1.54. The molecule has 1 fully saturated rings. The molecule has 1 heterocycles. The van der Waals surface area contributed by atoms with Gasteiger partial charge in [-0.2, -0.15) is 0 Å². The summed E-state index contributed by atoms with van der Waals surface area (Å²) in [5.41, 5.74) is 0.992. The minimum absolute atomic E-state index is 0.0638. The molecule has 0 bridgehead atoms. The van der Waals surface area contributed by atoms with Crippen LogP contribution in [0.25, 0.3) is 6.08 Å². The standard InChI is InChI=1S/C19H14N2O7S/c22-17(23)11-28-15-6-4-12(5-7-15)9-16-18(24)20(19(25)29-16)10-13-2-1-3-14(8-13)21(26)27/h1-9H,10-11H2,(H,22,23)/b16-9-. The molecule has 0 aromatic heterocycles. The maximum Gasteiger partial charge on any atom is 0.341 e. The molecule has 148 valence electrons. The lowest BCUT2D eigenvalue weighted by molar-refractivity contribution is -0.384. The Kier molecular flexibility index (Phi) is 5.93. The summed E-state index contributed by atoms with van der Waals surface area (Å²) in [5, 5.41) is 19.0. The van der Waals surface area contributed by atoms with Crippen molar-refractivity contribution >= 4 is 40.6 Å². The number of amides is 2. The molecular weight excluding hydrogens is 400 g/mol. The van der Waals surface area contributed by atoms with Gasteiger partial charge in [-0.3, -0.25) is 24.6 Å². The molecule has 9 nitrogen and oxygen atoms in total. The molecule has 0 aliphatic carbocycles. The van der Waals surface area contributed by atoms with Crippen LogP contribution in [0, 0.1) is 10.1 Å². The highest BCUT2D eigenvalue weighted by atomic mass is 32.2. The van der Waals surface area contributed by atoms with Crippen LogP contribution in [0.1, 0.15) is 11.1 Å². The predicted molar refractivity (Wildman–Crippen MR) is 104 cm³/mol. The highest BCUT2D eigenvalue weighted by Gasteiger charge is 2.35. The van der Waals surface area contributed by atoms with Gasteiger partial charge >= 0.3 is 5.97 Å². The lowest BCUT2D eigenvalue weighted by atomic mass is 10.2. The van der Waals surface area contributed by atoms with Crippen LogP contribution in [-0.4, -0.2) is 38.7 Å². The molecule has 3 rings (SSSR count). The number of nitro groups is 1. The lowest BCUT2D eigenvalue weighted by Gasteiger charge is -2.12. The number of thioether (sulfide) groups is 1. The molecule has 1 N–H and O–H groups in total. The van der Waals surface area contributed by atoms with Crippen molar-refractivity contribution in [2.24, 2.45) is 0 Å². The quantitative estimate of drug-likeness (QED) is 0.415. The van der Waals surface area contributed by atoms with Gasteiger partial charge in [-0.1, -0.05) is 24.3 Å². The number of hydrogen-bond acceptors (Lipinski definition) is 7. The fraction of sp³-hybridized carbons (Fsp3) is 0.105. The van der Waals surface area contributed by atoms with Crippen LogP contribution in [-0.2, 0) is 16.1 Å². The molecule has 2 aromatic rings. The van der Waals surface area contributed by atoms with Gasteiger partial charge in [0.2, 0.25) is 0 Å². The zero-order chi connectivity index (χ0) is 21.0. The van der Waals surface area contributed by atoms with E-state index in [1.54, 1.807) is 36.4 Å². The van der Waals surface area contributed by atoms with E-state index in [0.29, 0.717) is 16.9 Å². The monoisotopic (exact) mass is 414 g/mol. The zero-order valence-corrected chi connectivity index (χ0v) is 15.6. The predicted octanol–water partition coefficient (Wildman–Crippen LogP) is 3.29. The number of ether oxygens (including phenoxy) is 1. The van der Waals surface area contributed by atoms with E-state index in [2.05, 4.69) is 0 Å². The Balaban J connectivity index is 1.72. The topological polar surface area (TPSA) is 127 Å². The van der Waals surface area contributed by atoms with Gasteiger partial charge < -0.3 is 9.84 Å². The molecule has 0 saturated carbocycles. The van der Waals surface area contributed by atoms with E-state index < -0.39 is 28.6 Å². The lowest BCUT2D eigenvalue weighted by Crippen LogP contribution is -2.27. The minimum atomic E-state index is -1.09. The summed E-state index contributed by atoms with van der Waals surface area (Å²) in [4.78, 5) is 46.9. The largest absolute Gasteiger partial charge is 0.482 e. The average Bonchev–Trinajstić information content (AvgIpc) is 2.95. The van der Waals surface area contributed by atoms with Gasteiger partial charge in [0.15, 0.2) is 6.61 Å². The van der Waals surface area contributed by atoms with E-state index in [1.807, 2.05) is 0 Å². The molecule has 1 aliphatic heterocycles. The molecule has 1 aliphatic rings. The molecule has 29 heavy (non-hydrogen) atoms. The second-order valence-corrected chi connectivity index (χ2v) is 6.94. The molecule has 2 aromatic carbocycles. The van der Waals surface area contributed by atoms with Crippen LogP contribution in [0.15, 0.2) is 53.4 Å². The Morgan fingerprint density at radius 1 is 1.21 bits per heavy atom. The molecule has 0 atom stereocenters. The number of nitro benzene ring substituents is 1. The smallest absolute Gasteiger partial charge is 0.341 e. The van der Waals surface area contributed by atoms with E-state index in [4.69, 9.17) is 9.84 Å².